The predicted octanol–water partition coefficient (Wildman–Crippen LogP) is 7.29. The lowest BCUT2D eigenvalue weighted by Gasteiger charge is -2.28. The van der Waals surface area contributed by atoms with Crippen LogP contribution in [0.4, 0.5) is 5.95 Å². The fraction of sp³-hybridized carbons (Fsp3) is 0.433. The molecule has 0 saturated carbocycles. The molecule has 0 saturated heterocycles. The van der Waals surface area contributed by atoms with Crippen molar-refractivity contribution in [3.8, 4) is 11.5 Å². The first-order chi connectivity index (χ1) is 19.3. The fourth-order valence-corrected chi connectivity index (χ4v) is 5.40. The molecule has 1 atom stereocenters. The van der Waals surface area contributed by atoms with E-state index < -0.39 is 12.0 Å². The van der Waals surface area contributed by atoms with Gasteiger partial charge < -0.3 is 19.5 Å². The number of hydrogen-bond acceptors (Lipinski definition) is 8. The quantitative estimate of drug-likeness (QED) is 0.165. The highest BCUT2D eigenvalue weighted by Gasteiger charge is 2.36. The Labute approximate surface area is 245 Å². The van der Waals surface area contributed by atoms with Crippen molar-refractivity contribution in [2.75, 3.05) is 25.1 Å². The van der Waals surface area contributed by atoms with Crippen molar-refractivity contribution in [1.29, 1.82) is 0 Å². The van der Waals surface area contributed by atoms with E-state index in [4.69, 9.17) is 35.9 Å². The van der Waals surface area contributed by atoms with Gasteiger partial charge in [-0.3, -0.25) is 0 Å². The van der Waals surface area contributed by atoms with Crippen LogP contribution in [-0.2, 0) is 15.3 Å². The highest BCUT2D eigenvalue weighted by Crippen LogP contribution is 2.40. The predicted molar refractivity (Wildman–Crippen MR) is 159 cm³/mol. The van der Waals surface area contributed by atoms with E-state index in [2.05, 4.69) is 19.2 Å². The maximum Gasteiger partial charge on any atom is 0.338 e. The van der Waals surface area contributed by atoms with Gasteiger partial charge in [0.2, 0.25) is 11.1 Å². The molecule has 2 aromatic carbocycles. The van der Waals surface area contributed by atoms with Crippen molar-refractivity contribution >= 4 is 35.3 Å². The summed E-state index contributed by atoms with van der Waals surface area (Å²) in [5, 5.41) is 9.35. The van der Waals surface area contributed by atoms with Gasteiger partial charge in [0.05, 0.1) is 25.4 Å². The van der Waals surface area contributed by atoms with Crippen LogP contribution in [-0.4, -0.2) is 40.6 Å². The van der Waals surface area contributed by atoms with E-state index in [1.54, 1.807) is 4.68 Å². The SMILES string of the molecule is CCCOC(=O)C1=C(C)Nc2nc(SCc3ccccc3Cl)nn2C1c1ccc(OCCC(C)C)c(OCC)c1. The molecule has 10 heteroatoms. The lowest BCUT2D eigenvalue weighted by molar-refractivity contribution is -0.139. The average molecular weight is 585 g/mol. The number of rotatable bonds is 13. The fourth-order valence-electron chi connectivity index (χ4n) is 4.28. The number of carbonyl (C=O) groups is 1. The number of aromatic nitrogens is 3. The number of benzene rings is 2. The summed E-state index contributed by atoms with van der Waals surface area (Å²) in [6, 6.07) is 12.9. The summed E-state index contributed by atoms with van der Waals surface area (Å²) in [5.74, 6) is 2.60. The minimum Gasteiger partial charge on any atom is -0.490 e. The summed E-state index contributed by atoms with van der Waals surface area (Å²) in [7, 11) is 0. The molecule has 3 aromatic rings. The van der Waals surface area contributed by atoms with Crippen molar-refractivity contribution in [2.45, 2.75) is 64.4 Å². The summed E-state index contributed by atoms with van der Waals surface area (Å²) in [6.07, 6.45) is 1.67. The van der Waals surface area contributed by atoms with E-state index in [9.17, 15) is 4.79 Å². The van der Waals surface area contributed by atoms with Crippen LogP contribution in [0.5, 0.6) is 11.5 Å². The van der Waals surface area contributed by atoms with Crippen LogP contribution in [0.2, 0.25) is 5.02 Å². The minimum absolute atomic E-state index is 0.332. The standard InChI is InChI=1S/C30H37ClN4O4S/c1-6-15-39-28(36)26-20(5)32-29-33-30(40-18-22-10-8-9-11-23(22)31)34-35(29)27(26)21-12-13-24(25(17-21)37-7-2)38-16-14-19(3)4/h8-13,17,19,27H,6-7,14-16,18H2,1-5H3,(H,32,33,34). The van der Waals surface area contributed by atoms with Gasteiger partial charge in [0, 0.05) is 16.5 Å². The van der Waals surface area contributed by atoms with Gasteiger partial charge in [-0.15, -0.1) is 5.10 Å². The largest absolute Gasteiger partial charge is 0.490 e. The molecule has 1 N–H and O–H groups in total. The van der Waals surface area contributed by atoms with Gasteiger partial charge >= 0.3 is 5.97 Å². The van der Waals surface area contributed by atoms with Crippen molar-refractivity contribution < 1.29 is 19.0 Å². The van der Waals surface area contributed by atoms with Crippen molar-refractivity contribution in [1.82, 2.24) is 14.8 Å². The third-order valence-electron chi connectivity index (χ3n) is 6.34. The Morgan fingerprint density at radius 1 is 1.12 bits per heavy atom. The van der Waals surface area contributed by atoms with Crippen LogP contribution < -0.4 is 14.8 Å². The zero-order chi connectivity index (χ0) is 28.6. The van der Waals surface area contributed by atoms with Crippen LogP contribution in [0.15, 0.2) is 58.9 Å². The number of halogens is 1. The number of allylic oxidation sites excluding steroid dienone is 1. The van der Waals surface area contributed by atoms with E-state index in [0.29, 0.717) is 70.4 Å². The van der Waals surface area contributed by atoms with E-state index in [1.165, 1.54) is 11.8 Å². The monoisotopic (exact) mass is 584 g/mol. The number of fused-ring (bicyclic) bond motifs is 1. The van der Waals surface area contributed by atoms with Crippen LogP contribution >= 0.6 is 23.4 Å². The summed E-state index contributed by atoms with van der Waals surface area (Å²) < 4.78 is 19.4. The van der Waals surface area contributed by atoms with Crippen LogP contribution in [0.1, 0.15) is 64.6 Å². The van der Waals surface area contributed by atoms with Gasteiger partial charge in [-0.1, -0.05) is 68.4 Å². The molecule has 0 spiro atoms. The Morgan fingerprint density at radius 3 is 2.65 bits per heavy atom. The molecule has 1 aromatic heterocycles. The van der Waals surface area contributed by atoms with E-state index >= 15 is 0 Å². The number of anilines is 1. The molecule has 1 aliphatic heterocycles. The smallest absolute Gasteiger partial charge is 0.338 e. The number of nitrogens with one attached hydrogen (secondary N) is 1. The molecule has 4 rings (SSSR count). The first kappa shape index (κ1) is 29.8. The number of ether oxygens (including phenoxy) is 3. The number of thioether (sulfide) groups is 1. The molecule has 2 heterocycles. The maximum absolute atomic E-state index is 13.3. The normalized spacial score (nSPS) is 14.6. The van der Waals surface area contributed by atoms with Crippen LogP contribution in [0, 0.1) is 5.92 Å². The van der Waals surface area contributed by atoms with Gasteiger partial charge in [-0.05, 0) is 61.9 Å². The zero-order valence-electron chi connectivity index (χ0n) is 23.7. The topological polar surface area (TPSA) is 87.5 Å². The molecule has 0 bridgehead atoms. The number of nitrogens with zero attached hydrogens (tertiary/aromatic N) is 3. The zero-order valence-corrected chi connectivity index (χ0v) is 25.3. The van der Waals surface area contributed by atoms with Crippen molar-refractivity contribution in [3.05, 3.63) is 69.9 Å². The van der Waals surface area contributed by atoms with E-state index in [1.807, 2.05) is 63.2 Å². The molecule has 1 unspecified atom stereocenters. The summed E-state index contributed by atoms with van der Waals surface area (Å²) in [5.41, 5.74) is 2.96. The Morgan fingerprint density at radius 2 is 1.93 bits per heavy atom. The Hall–Kier alpha value is -3.17. The number of hydrogen-bond donors (Lipinski definition) is 1. The lowest BCUT2D eigenvalue weighted by atomic mass is 9.95. The number of carbonyl (C=O) groups excluding carboxylic acids is 1. The highest BCUT2D eigenvalue weighted by molar-refractivity contribution is 7.98. The van der Waals surface area contributed by atoms with E-state index in [-0.39, 0.29) is 0 Å². The van der Waals surface area contributed by atoms with Crippen molar-refractivity contribution in [2.24, 2.45) is 5.92 Å². The first-order valence-electron chi connectivity index (χ1n) is 13.7. The molecule has 8 nitrogen and oxygen atoms in total. The second-order valence-electron chi connectivity index (χ2n) is 9.91. The third-order valence-corrected chi connectivity index (χ3v) is 7.60. The average Bonchev–Trinajstić information content (AvgIpc) is 3.33. The molecule has 214 valence electrons. The lowest BCUT2D eigenvalue weighted by Crippen LogP contribution is -2.29. The summed E-state index contributed by atoms with van der Waals surface area (Å²) in [4.78, 5) is 18.1. The second-order valence-corrected chi connectivity index (χ2v) is 11.3. The molecule has 0 fully saturated rings. The Balaban J connectivity index is 1.70. The van der Waals surface area contributed by atoms with Crippen molar-refractivity contribution in [3.63, 3.8) is 0 Å². The number of esters is 1. The third kappa shape index (κ3) is 7.12. The first-order valence-corrected chi connectivity index (χ1v) is 15.1. The Bertz CT molecular complexity index is 1360. The second kappa shape index (κ2) is 13.9. The minimum atomic E-state index is -0.563. The molecule has 0 aliphatic carbocycles. The van der Waals surface area contributed by atoms with E-state index in [0.717, 1.165) is 24.0 Å². The highest BCUT2D eigenvalue weighted by atomic mass is 35.5. The molecule has 0 amide bonds. The Kier molecular flexibility index (Phi) is 10.4. The van der Waals surface area contributed by atoms with Gasteiger partial charge in [0.25, 0.3) is 0 Å². The van der Waals surface area contributed by atoms with Gasteiger partial charge in [-0.25, -0.2) is 9.48 Å². The van der Waals surface area contributed by atoms with Gasteiger partial charge in [0.15, 0.2) is 11.5 Å². The van der Waals surface area contributed by atoms with Gasteiger partial charge in [-0.2, -0.15) is 4.98 Å². The molecular formula is C30H37ClN4O4S. The summed E-state index contributed by atoms with van der Waals surface area (Å²) in [6.45, 7) is 11.5. The maximum atomic E-state index is 13.3. The van der Waals surface area contributed by atoms with Crippen LogP contribution in [0.25, 0.3) is 0 Å². The van der Waals surface area contributed by atoms with Gasteiger partial charge in [0.1, 0.15) is 6.04 Å². The molecular weight excluding hydrogens is 548 g/mol. The molecule has 1 aliphatic rings. The summed E-state index contributed by atoms with van der Waals surface area (Å²) >= 11 is 7.84. The molecule has 40 heavy (non-hydrogen) atoms. The molecule has 0 radical (unpaired) electrons. The van der Waals surface area contributed by atoms with Crippen LogP contribution in [0.3, 0.4) is 0 Å².